The molecule has 1 aromatic heterocycles. The molecule has 92 valence electrons. The molecule has 0 bridgehead atoms. The van der Waals surface area contributed by atoms with Crippen LogP contribution in [0.5, 0.6) is 0 Å². The molecule has 5 heteroatoms. The summed E-state index contributed by atoms with van der Waals surface area (Å²) in [5.74, 6) is 0.0153. The van der Waals surface area contributed by atoms with Gasteiger partial charge in [0, 0.05) is 10.7 Å². The van der Waals surface area contributed by atoms with E-state index in [1.54, 1.807) is 23.2 Å². The van der Waals surface area contributed by atoms with Gasteiger partial charge in [-0.15, -0.1) is 0 Å². The number of amides is 1. The number of halogens is 1. The van der Waals surface area contributed by atoms with Crippen molar-refractivity contribution in [1.82, 2.24) is 9.88 Å². The SMILES string of the molecule is CC(C)C1(O)CN(C(=O)c2ncccc2Br)C1. The molecule has 0 unspecified atom stereocenters. The Balaban J connectivity index is 2.08. The summed E-state index contributed by atoms with van der Waals surface area (Å²) in [6, 6.07) is 3.55. The topological polar surface area (TPSA) is 53.4 Å². The van der Waals surface area contributed by atoms with Crippen molar-refractivity contribution < 1.29 is 9.90 Å². The van der Waals surface area contributed by atoms with Gasteiger partial charge in [0.15, 0.2) is 0 Å². The lowest BCUT2D eigenvalue weighted by molar-refractivity contribution is -0.111. The number of β-amino-alcohol motifs (C(OH)–C–C–N with tert-alkyl or cyclic N) is 1. The average molecular weight is 299 g/mol. The summed E-state index contributed by atoms with van der Waals surface area (Å²) < 4.78 is 0.685. The predicted octanol–water partition coefficient (Wildman–Crippen LogP) is 1.69. The van der Waals surface area contributed by atoms with Crippen molar-refractivity contribution in [2.45, 2.75) is 19.4 Å². The third-order valence-electron chi connectivity index (χ3n) is 3.25. The molecule has 0 radical (unpaired) electrons. The summed E-state index contributed by atoms with van der Waals surface area (Å²) in [5, 5.41) is 10.1. The minimum absolute atomic E-state index is 0.136. The van der Waals surface area contributed by atoms with Crippen molar-refractivity contribution in [3.8, 4) is 0 Å². The third-order valence-corrected chi connectivity index (χ3v) is 3.89. The molecule has 0 atom stereocenters. The van der Waals surface area contributed by atoms with Gasteiger partial charge >= 0.3 is 0 Å². The molecule has 1 saturated heterocycles. The van der Waals surface area contributed by atoms with Crippen LogP contribution in [0.15, 0.2) is 22.8 Å². The first-order chi connectivity index (χ1) is 7.94. The molecular formula is C12H15BrN2O2. The molecule has 2 heterocycles. The largest absolute Gasteiger partial charge is 0.386 e. The normalized spacial score (nSPS) is 18.1. The number of aromatic nitrogens is 1. The lowest BCUT2D eigenvalue weighted by atomic mass is 9.83. The van der Waals surface area contributed by atoms with Crippen molar-refractivity contribution in [3.63, 3.8) is 0 Å². The van der Waals surface area contributed by atoms with Gasteiger partial charge in [0.05, 0.1) is 13.1 Å². The maximum atomic E-state index is 12.1. The molecule has 1 amide bonds. The van der Waals surface area contributed by atoms with Crippen LogP contribution in [0.3, 0.4) is 0 Å². The average Bonchev–Trinajstić information content (AvgIpc) is 2.24. The van der Waals surface area contributed by atoms with Gasteiger partial charge in [0.2, 0.25) is 0 Å². The zero-order valence-electron chi connectivity index (χ0n) is 9.85. The third kappa shape index (κ3) is 2.21. The Morgan fingerprint density at radius 1 is 1.59 bits per heavy atom. The summed E-state index contributed by atoms with van der Waals surface area (Å²) >= 11 is 3.30. The minimum Gasteiger partial charge on any atom is -0.386 e. The molecule has 1 aliphatic rings. The Hall–Kier alpha value is -0.940. The van der Waals surface area contributed by atoms with E-state index < -0.39 is 5.60 Å². The van der Waals surface area contributed by atoms with E-state index in [0.717, 1.165) is 0 Å². The molecule has 2 rings (SSSR count). The second-order valence-electron chi connectivity index (χ2n) is 4.75. The molecule has 0 aromatic carbocycles. The van der Waals surface area contributed by atoms with Gasteiger partial charge in [0.1, 0.15) is 11.3 Å². The van der Waals surface area contributed by atoms with Gasteiger partial charge in [0.25, 0.3) is 5.91 Å². The first kappa shape index (κ1) is 12.5. The van der Waals surface area contributed by atoms with Gasteiger partial charge in [-0.05, 0) is 34.0 Å². The molecule has 1 fully saturated rings. The number of hydrogen-bond acceptors (Lipinski definition) is 3. The highest BCUT2D eigenvalue weighted by Gasteiger charge is 2.46. The van der Waals surface area contributed by atoms with Crippen molar-refractivity contribution in [2.24, 2.45) is 5.92 Å². The highest BCUT2D eigenvalue weighted by Crippen LogP contribution is 2.30. The number of rotatable bonds is 2. The van der Waals surface area contributed by atoms with Crippen LogP contribution in [0.2, 0.25) is 0 Å². The minimum atomic E-state index is -0.739. The summed E-state index contributed by atoms with van der Waals surface area (Å²) in [5.41, 5.74) is -0.338. The zero-order valence-corrected chi connectivity index (χ0v) is 11.4. The van der Waals surface area contributed by atoms with E-state index in [9.17, 15) is 9.90 Å². The molecule has 0 spiro atoms. The first-order valence-electron chi connectivity index (χ1n) is 5.56. The predicted molar refractivity (Wildman–Crippen MR) is 67.6 cm³/mol. The lowest BCUT2D eigenvalue weighted by Gasteiger charge is -2.48. The van der Waals surface area contributed by atoms with Crippen molar-refractivity contribution >= 4 is 21.8 Å². The molecule has 0 saturated carbocycles. The number of carbonyl (C=O) groups is 1. The van der Waals surface area contributed by atoms with E-state index in [0.29, 0.717) is 23.3 Å². The Morgan fingerprint density at radius 3 is 2.76 bits per heavy atom. The Labute approximate surface area is 109 Å². The Morgan fingerprint density at radius 2 is 2.24 bits per heavy atom. The van der Waals surface area contributed by atoms with Crippen LogP contribution in [0.25, 0.3) is 0 Å². The summed E-state index contributed by atoms with van der Waals surface area (Å²) in [4.78, 5) is 17.8. The molecule has 1 N–H and O–H groups in total. The van der Waals surface area contributed by atoms with Crippen LogP contribution in [-0.2, 0) is 0 Å². The molecule has 1 aliphatic heterocycles. The highest BCUT2D eigenvalue weighted by atomic mass is 79.9. The number of aliphatic hydroxyl groups is 1. The fraction of sp³-hybridized carbons (Fsp3) is 0.500. The van der Waals surface area contributed by atoms with Crippen LogP contribution in [0, 0.1) is 5.92 Å². The van der Waals surface area contributed by atoms with Gasteiger partial charge in [-0.1, -0.05) is 13.8 Å². The van der Waals surface area contributed by atoms with E-state index in [-0.39, 0.29) is 11.8 Å². The molecule has 4 nitrogen and oxygen atoms in total. The number of carbonyl (C=O) groups excluding carboxylic acids is 1. The van der Waals surface area contributed by atoms with E-state index in [4.69, 9.17) is 0 Å². The molecule has 1 aromatic rings. The smallest absolute Gasteiger partial charge is 0.273 e. The van der Waals surface area contributed by atoms with Gasteiger partial charge in [-0.2, -0.15) is 0 Å². The highest BCUT2D eigenvalue weighted by molar-refractivity contribution is 9.10. The summed E-state index contributed by atoms with van der Waals surface area (Å²) in [6.07, 6.45) is 1.59. The van der Waals surface area contributed by atoms with Gasteiger partial charge in [-0.3, -0.25) is 4.79 Å². The standard InChI is InChI=1S/C12H15BrN2O2/c1-8(2)12(17)6-15(7-12)11(16)10-9(13)4-3-5-14-10/h3-5,8,17H,6-7H2,1-2H3. The monoisotopic (exact) mass is 298 g/mol. The van der Waals surface area contributed by atoms with E-state index in [1.807, 2.05) is 13.8 Å². The van der Waals surface area contributed by atoms with Crippen molar-refractivity contribution in [1.29, 1.82) is 0 Å². The zero-order chi connectivity index (χ0) is 12.6. The molecule has 17 heavy (non-hydrogen) atoms. The number of pyridine rings is 1. The lowest BCUT2D eigenvalue weighted by Crippen LogP contribution is -2.66. The fourth-order valence-corrected chi connectivity index (χ4v) is 2.24. The molecule has 0 aliphatic carbocycles. The first-order valence-corrected chi connectivity index (χ1v) is 6.35. The van der Waals surface area contributed by atoms with Crippen LogP contribution >= 0.6 is 15.9 Å². The van der Waals surface area contributed by atoms with Crippen LogP contribution < -0.4 is 0 Å². The number of likely N-dealkylation sites (tertiary alicyclic amines) is 1. The molecular weight excluding hydrogens is 284 g/mol. The Kier molecular flexibility index (Phi) is 3.23. The van der Waals surface area contributed by atoms with Crippen LogP contribution in [0.4, 0.5) is 0 Å². The number of nitrogens with zero attached hydrogens (tertiary/aromatic N) is 2. The van der Waals surface area contributed by atoms with Crippen LogP contribution in [-0.4, -0.2) is 39.6 Å². The van der Waals surface area contributed by atoms with Crippen molar-refractivity contribution in [3.05, 3.63) is 28.5 Å². The maximum Gasteiger partial charge on any atom is 0.273 e. The quantitative estimate of drug-likeness (QED) is 0.904. The summed E-state index contributed by atoms with van der Waals surface area (Å²) in [7, 11) is 0. The second kappa shape index (κ2) is 4.38. The van der Waals surface area contributed by atoms with E-state index >= 15 is 0 Å². The second-order valence-corrected chi connectivity index (χ2v) is 5.61. The summed E-state index contributed by atoms with van der Waals surface area (Å²) in [6.45, 7) is 4.68. The van der Waals surface area contributed by atoms with Crippen molar-refractivity contribution in [2.75, 3.05) is 13.1 Å². The Bertz CT molecular complexity index is 442. The fourth-order valence-electron chi connectivity index (χ4n) is 1.82. The van der Waals surface area contributed by atoms with Crippen LogP contribution in [0.1, 0.15) is 24.3 Å². The van der Waals surface area contributed by atoms with E-state index in [1.165, 1.54) is 0 Å². The number of hydrogen-bond donors (Lipinski definition) is 1. The van der Waals surface area contributed by atoms with Gasteiger partial charge in [-0.25, -0.2) is 4.98 Å². The van der Waals surface area contributed by atoms with Gasteiger partial charge < -0.3 is 10.0 Å². The maximum absolute atomic E-state index is 12.1. The van der Waals surface area contributed by atoms with E-state index in [2.05, 4.69) is 20.9 Å².